The summed E-state index contributed by atoms with van der Waals surface area (Å²) in [6.45, 7) is -0.344. The molecule has 0 aliphatic heterocycles. The minimum Gasteiger partial charge on any atom is -0.502 e. The maximum absolute atomic E-state index is 11.7. The number of amides is 1. The number of hydrazone groups is 1. The van der Waals surface area contributed by atoms with Crippen molar-refractivity contribution in [3.63, 3.8) is 0 Å². The maximum Gasteiger partial charge on any atom is 0.312 e. The van der Waals surface area contributed by atoms with E-state index in [1.54, 1.807) is 24.3 Å². The Balaban J connectivity index is 1.98. The second kappa shape index (κ2) is 8.32. The highest BCUT2D eigenvalue weighted by molar-refractivity contribution is 6.32. The van der Waals surface area contributed by atoms with Gasteiger partial charge in [-0.15, -0.1) is 0 Å². The molecule has 0 atom stereocenters. The number of rotatable bonds is 6. The Morgan fingerprint density at radius 3 is 2.76 bits per heavy atom. The van der Waals surface area contributed by atoms with E-state index in [4.69, 9.17) is 27.9 Å². The predicted molar refractivity (Wildman–Crippen MR) is 92.5 cm³/mol. The largest absolute Gasteiger partial charge is 0.502 e. The molecule has 0 aliphatic carbocycles. The normalized spacial score (nSPS) is 10.6. The van der Waals surface area contributed by atoms with Crippen LogP contribution >= 0.6 is 23.2 Å². The van der Waals surface area contributed by atoms with Gasteiger partial charge in [-0.1, -0.05) is 35.3 Å². The minimum absolute atomic E-state index is 0.0217. The smallest absolute Gasteiger partial charge is 0.312 e. The van der Waals surface area contributed by atoms with Crippen LogP contribution in [0.15, 0.2) is 41.5 Å². The van der Waals surface area contributed by atoms with Crippen LogP contribution in [0, 0.1) is 10.1 Å². The first kappa shape index (κ1) is 18.5. The number of carbonyl (C=O) groups is 1. The van der Waals surface area contributed by atoms with Crippen LogP contribution in [-0.2, 0) is 4.79 Å². The molecule has 0 bridgehead atoms. The van der Waals surface area contributed by atoms with Gasteiger partial charge >= 0.3 is 5.69 Å². The maximum atomic E-state index is 11.7. The van der Waals surface area contributed by atoms with Crippen LogP contribution in [0.2, 0.25) is 10.0 Å². The second-order valence-electron chi connectivity index (χ2n) is 4.63. The van der Waals surface area contributed by atoms with Crippen molar-refractivity contribution in [2.24, 2.45) is 5.10 Å². The van der Waals surface area contributed by atoms with E-state index >= 15 is 0 Å². The average Bonchev–Trinajstić information content (AvgIpc) is 2.56. The number of nitro benzene ring substituents is 1. The summed E-state index contributed by atoms with van der Waals surface area (Å²) in [6.07, 6.45) is 1.03. The molecule has 0 spiro atoms. The number of ether oxygens (including phenoxy) is 1. The molecule has 2 rings (SSSR count). The topological polar surface area (TPSA) is 114 Å². The molecule has 0 unspecified atom stereocenters. The molecule has 0 aromatic heterocycles. The lowest BCUT2D eigenvalue weighted by atomic mass is 10.2. The number of nitrogens with one attached hydrogen (secondary N) is 1. The molecule has 8 nitrogen and oxygen atoms in total. The van der Waals surface area contributed by atoms with Crippen LogP contribution in [0.4, 0.5) is 5.69 Å². The summed E-state index contributed by atoms with van der Waals surface area (Å²) < 4.78 is 5.22. The SMILES string of the molecule is O=C(COc1ccccc1Cl)N/N=C\c1cc(Cl)cc([N+](=O)[O-])c1O. The molecular weight excluding hydrogens is 373 g/mol. The fourth-order valence-electron chi connectivity index (χ4n) is 1.75. The third-order valence-corrected chi connectivity index (χ3v) is 3.40. The molecule has 2 aromatic rings. The number of hydrogen-bond donors (Lipinski definition) is 2. The highest BCUT2D eigenvalue weighted by Gasteiger charge is 2.17. The summed E-state index contributed by atoms with van der Waals surface area (Å²) in [5.74, 6) is -0.863. The zero-order valence-corrected chi connectivity index (χ0v) is 14.0. The first-order valence-electron chi connectivity index (χ1n) is 6.74. The third kappa shape index (κ3) is 5.07. The van der Waals surface area contributed by atoms with Crippen molar-refractivity contribution >= 4 is 41.0 Å². The predicted octanol–water partition coefficient (Wildman–Crippen LogP) is 3.14. The number of halogens is 2. The van der Waals surface area contributed by atoms with E-state index in [0.29, 0.717) is 10.8 Å². The van der Waals surface area contributed by atoms with Gasteiger partial charge in [0.15, 0.2) is 6.61 Å². The molecule has 2 aromatic carbocycles. The van der Waals surface area contributed by atoms with Crippen molar-refractivity contribution in [2.45, 2.75) is 0 Å². The van der Waals surface area contributed by atoms with Crippen LogP contribution < -0.4 is 10.2 Å². The number of benzene rings is 2. The standard InChI is InChI=1S/C15H11Cl2N3O5/c16-10-5-9(15(22)12(6-10)20(23)24)7-18-19-14(21)8-25-13-4-2-1-3-11(13)17/h1-7,22H,8H2,(H,19,21)/b18-7-. The summed E-state index contributed by atoms with van der Waals surface area (Å²) in [4.78, 5) is 21.7. The zero-order valence-electron chi connectivity index (χ0n) is 12.5. The zero-order chi connectivity index (χ0) is 18.4. The summed E-state index contributed by atoms with van der Waals surface area (Å²) in [5, 5.41) is 24.6. The van der Waals surface area contributed by atoms with Crippen molar-refractivity contribution in [1.29, 1.82) is 0 Å². The number of phenols is 1. The highest BCUT2D eigenvalue weighted by atomic mass is 35.5. The first-order valence-corrected chi connectivity index (χ1v) is 7.50. The number of aromatic hydroxyl groups is 1. The molecule has 0 fully saturated rings. The van der Waals surface area contributed by atoms with E-state index in [-0.39, 0.29) is 17.2 Å². The molecule has 0 radical (unpaired) electrons. The quantitative estimate of drug-likeness (QED) is 0.451. The number of phenolic OH excluding ortho intramolecular Hbond substituents is 1. The van der Waals surface area contributed by atoms with E-state index in [9.17, 15) is 20.0 Å². The number of hydrogen-bond acceptors (Lipinski definition) is 6. The van der Waals surface area contributed by atoms with Gasteiger partial charge in [0.25, 0.3) is 5.91 Å². The van der Waals surface area contributed by atoms with E-state index in [1.165, 1.54) is 6.07 Å². The van der Waals surface area contributed by atoms with Gasteiger partial charge in [-0.2, -0.15) is 5.10 Å². The number of nitro groups is 1. The van der Waals surface area contributed by atoms with Gasteiger partial charge in [0.05, 0.1) is 16.2 Å². The molecule has 10 heteroatoms. The van der Waals surface area contributed by atoms with Gasteiger partial charge in [0.2, 0.25) is 5.75 Å². The molecule has 2 N–H and O–H groups in total. The highest BCUT2D eigenvalue weighted by Crippen LogP contribution is 2.32. The van der Waals surface area contributed by atoms with Gasteiger partial charge in [-0.05, 0) is 18.2 Å². The second-order valence-corrected chi connectivity index (χ2v) is 5.48. The van der Waals surface area contributed by atoms with Gasteiger partial charge in [0, 0.05) is 16.7 Å². The van der Waals surface area contributed by atoms with Crippen LogP contribution in [0.3, 0.4) is 0 Å². The Morgan fingerprint density at radius 1 is 1.36 bits per heavy atom. The summed E-state index contributed by atoms with van der Waals surface area (Å²) >= 11 is 11.6. The van der Waals surface area contributed by atoms with Gasteiger partial charge in [-0.25, -0.2) is 5.43 Å². The Kier molecular flexibility index (Phi) is 6.15. The number of nitrogens with zero attached hydrogens (tertiary/aromatic N) is 2. The van der Waals surface area contributed by atoms with Crippen molar-refractivity contribution in [3.8, 4) is 11.5 Å². The van der Waals surface area contributed by atoms with E-state index < -0.39 is 22.3 Å². The fraction of sp³-hybridized carbons (Fsp3) is 0.0667. The van der Waals surface area contributed by atoms with E-state index in [0.717, 1.165) is 12.3 Å². The molecule has 0 heterocycles. The fourth-order valence-corrected chi connectivity index (χ4v) is 2.17. The van der Waals surface area contributed by atoms with Crippen molar-refractivity contribution < 1.29 is 19.6 Å². The molecule has 130 valence electrons. The first-order chi connectivity index (χ1) is 11.9. The lowest BCUT2D eigenvalue weighted by Gasteiger charge is -2.06. The number of carbonyl (C=O) groups excluding carboxylic acids is 1. The van der Waals surface area contributed by atoms with Gasteiger partial charge < -0.3 is 9.84 Å². The molecule has 0 saturated heterocycles. The lowest BCUT2D eigenvalue weighted by Crippen LogP contribution is -2.24. The van der Waals surface area contributed by atoms with Gasteiger partial charge in [-0.3, -0.25) is 14.9 Å². The molecule has 25 heavy (non-hydrogen) atoms. The van der Waals surface area contributed by atoms with Crippen LogP contribution in [-0.4, -0.2) is 28.8 Å². The van der Waals surface area contributed by atoms with Crippen LogP contribution in [0.1, 0.15) is 5.56 Å². The Morgan fingerprint density at radius 2 is 2.08 bits per heavy atom. The Labute approximate surface area is 151 Å². The summed E-state index contributed by atoms with van der Waals surface area (Å²) in [5.41, 5.74) is 1.57. The molecule has 0 aliphatic rings. The summed E-state index contributed by atoms with van der Waals surface area (Å²) in [6, 6.07) is 8.90. The summed E-state index contributed by atoms with van der Waals surface area (Å²) in [7, 11) is 0. The Hall–Kier alpha value is -2.84. The van der Waals surface area contributed by atoms with Crippen LogP contribution in [0.5, 0.6) is 11.5 Å². The van der Waals surface area contributed by atoms with Crippen LogP contribution in [0.25, 0.3) is 0 Å². The average molecular weight is 384 g/mol. The molecular formula is C15H11Cl2N3O5. The van der Waals surface area contributed by atoms with Gasteiger partial charge in [0.1, 0.15) is 5.75 Å². The Bertz CT molecular complexity index is 842. The van der Waals surface area contributed by atoms with Crippen molar-refractivity contribution in [2.75, 3.05) is 6.61 Å². The lowest BCUT2D eigenvalue weighted by molar-refractivity contribution is -0.385. The third-order valence-electron chi connectivity index (χ3n) is 2.87. The van der Waals surface area contributed by atoms with E-state index in [1.807, 2.05) is 0 Å². The van der Waals surface area contributed by atoms with Crippen molar-refractivity contribution in [3.05, 3.63) is 62.1 Å². The van der Waals surface area contributed by atoms with E-state index in [2.05, 4.69) is 10.5 Å². The minimum atomic E-state index is -0.783. The molecule has 1 amide bonds. The van der Waals surface area contributed by atoms with Crippen molar-refractivity contribution in [1.82, 2.24) is 5.43 Å². The molecule has 0 saturated carbocycles. The monoisotopic (exact) mass is 383 g/mol. The number of para-hydroxylation sites is 1.